The van der Waals surface area contributed by atoms with E-state index in [4.69, 9.17) is 5.11 Å². The van der Waals surface area contributed by atoms with Crippen LogP contribution in [0.4, 0.5) is 22.7 Å². The zero-order valence-corrected chi connectivity index (χ0v) is 29.3. The molecule has 17 heteroatoms. The van der Waals surface area contributed by atoms with Gasteiger partial charge in [-0.3, -0.25) is 19.2 Å². The summed E-state index contributed by atoms with van der Waals surface area (Å²) in [6.07, 6.45) is 7.08. The van der Waals surface area contributed by atoms with Crippen molar-refractivity contribution in [1.82, 2.24) is 34.7 Å². The number of carbonyl (C=O) groups excluding carboxylic acids is 4. The monoisotopic (exact) mass is 693 g/mol. The molecule has 0 aliphatic carbocycles. The molecule has 17 nitrogen and oxygen atoms in total. The fourth-order valence-electron chi connectivity index (χ4n) is 5.20. The molecule has 7 N–H and O–H groups in total. The summed E-state index contributed by atoms with van der Waals surface area (Å²) in [6.45, 7) is 1.63. The zero-order chi connectivity index (χ0) is 36.5. The van der Waals surface area contributed by atoms with Crippen LogP contribution in [-0.2, 0) is 0 Å². The largest absolute Gasteiger partial charge is 0.395 e. The Balaban J connectivity index is 1.44. The lowest BCUT2D eigenvalue weighted by Gasteiger charge is -2.30. The maximum Gasteiger partial charge on any atom is 0.289 e. The molecule has 4 aromatic heterocycles. The molecule has 0 saturated carbocycles. The number of nitrogens with one attached hydrogen (secondary N) is 5. The summed E-state index contributed by atoms with van der Waals surface area (Å²) >= 11 is 0. The number of H-pyrrole nitrogens is 4. The molecule has 50 heavy (non-hydrogen) atoms. The number of anilines is 4. The molecule has 4 aromatic rings. The number of aliphatic hydroxyl groups excluding tert-OH is 2. The van der Waals surface area contributed by atoms with E-state index in [0.29, 0.717) is 41.5 Å². The molecule has 0 fully saturated rings. The quantitative estimate of drug-likeness (QED) is 0.0800. The second-order valence-corrected chi connectivity index (χ2v) is 12.1. The molecule has 0 radical (unpaired) electrons. The third-order valence-electron chi connectivity index (χ3n) is 8.08. The molecule has 0 saturated heterocycles. The van der Waals surface area contributed by atoms with E-state index in [1.165, 1.54) is 38.3 Å². The van der Waals surface area contributed by atoms with Gasteiger partial charge in [-0.15, -0.1) is 0 Å². The van der Waals surface area contributed by atoms with Crippen LogP contribution in [0.2, 0.25) is 0 Å². The van der Waals surface area contributed by atoms with Crippen LogP contribution >= 0.6 is 0 Å². The van der Waals surface area contributed by atoms with E-state index in [1.807, 2.05) is 14.1 Å². The van der Waals surface area contributed by atoms with Crippen molar-refractivity contribution in [1.29, 1.82) is 0 Å². The molecule has 0 aromatic carbocycles. The fourth-order valence-corrected chi connectivity index (χ4v) is 5.20. The number of hydrogen-bond donors (Lipinski definition) is 7. The summed E-state index contributed by atoms with van der Waals surface area (Å²) in [5, 5.41) is 24.5. The highest BCUT2D eigenvalue weighted by atomic mass is 16.3. The third kappa shape index (κ3) is 8.80. The maximum absolute atomic E-state index is 13.6. The van der Waals surface area contributed by atoms with Gasteiger partial charge in [0.1, 0.15) is 22.8 Å². The summed E-state index contributed by atoms with van der Waals surface area (Å²) in [5.74, 6) is -1.42. The Morgan fingerprint density at radius 2 is 1.10 bits per heavy atom. The normalized spacial score (nSPS) is 11.2. The van der Waals surface area contributed by atoms with Crippen molar-refractivity contribution in [3.8, 4) is 0 Å². The number of hydrogen-bond acceptors (Lipinski definition) is 9. The Hall–Kier alpha value is -5.36. The first kappa shape index (κ1) is 37.5. The van der Waals surface area contributed by atoms with E-state index in [1.54, 1.807) is 63.7 Å². The standard InChI is InChI=1S/C33H47N11O6/c1-39(2)9-7-10-40(3)30(47)27-15-23(19-36-27)42(5)31(48)28-16-24(20-37-28)43(6)32(49)29-17-25(21-38-29)44(41(4)11-13-46)33(50)26-14-22(18-35-26)34-8-12-45/h14-21,34-38,45-46H,7-13H2,1-6H3. The van der Waals surface area contributed by atoms with Crippen LogP contribution in [0.5, 0.6) is 0 Å². The van der Waals surface area contributed by atoms with Gasteiger partial charge >= 0.3 is 0 Å². The number of nitrogens with zero attached hydrogens (tertiary/aromatic N) is 6. The molecule has 270 valence electrons. The number of likely N-dealkylation sites (N-methyl/N-ethyl adjacent to an activating group) is 1. The summed E-state index contributed by atoms with van der Waals surface area (Å²) in [7, 11) is 10.5. The summed E-state index contributed by atoms with van der Waals surface area (Å²) in [5.41, 5.74) is 2.93. The first-order valence-corrected chi connectivity index (χ1v) is 16.1. The van der Waals surface area contributed by atoms with E-state index in [0.717, 1.165) is 13.0 Å². The van der Waals surface area contributed by atoms with E-state index < -0.39 is 11.8 Å². The summed E-state index contributed by atoms with van der Waals surface area (Å²) < 4.78 is 0. The summed E-state index contributed by atoms with van der Waals surface area (Å²) in [6, 6.07) is 6.31. The molecule has 0 aliphatic heterocycles. The highest BCUT2D eigenvalue weighted by molar-refractivity contribution is 6.09. The second kappa shape index (κ2) is 16.8. The predicted octanol–water partition coefficient (Wildman–Crippen LogP) is 1.47. The molecular formula is C33H47N11O6. The van der Waals surface area contributed by atoms with Crippen molar-refractivity contribution >= 4 is 46.4 Å². The van der Waals surface area contributed by atoms with Crippen molar-refractivity contribution in [2.24, 2.45) is 0 Å². The van der Waals surface area contributed by atoms with Crippen molar-refractivity contribution in [2.45, 2.75) is 6.42 Å². The van der Waals surface area contributed by atoms with Crippen LogP contribution in [0, 0.1) is 0 Å². The number of carbonyl (C=O) groups is 4. The van der Waals surface area contributed by atoms with Crippen LogP contribution in [0.25, 0.3) is 0 Å². The minimum atomic E-state index is -0.437. The van der Waals surface area contributed by atoms with Crippen LogP contribution in [0.3, 0.4) is 0 Å². The Kier molecular flexibility index (Phi) is 12.6. The third-order valence-corrected chi connectivity index (χ3v) is 8.08. The second-order valence-electron chi connectivity index (χ2n) is 12.1. The lowest BCUT2D eigenvalue weighted by Crippen LogP contribution is -2.45. The number of rotatable bonds is 17. The molecule has 0 spiro atoms. The van der Waals surface area contributed by atoms with Crippen LogP contribution in [0.15, 0.2) is 49.1 Å². The number of aromatic nitrogens is 4. The van der Waals surface area contributed by atoms with Crippen molar-refractivity contribution < 1.29 is 29.4 Å². The van der Waals surface area contributed by atoms with Gasteiger partial charge in [-0.1, -0.05) is 0 Å². The number of hydrazine groups is 1. The zero-order valence-electron chi connectivity index (χ0n) is 29.3. The van der Waals surface area contributed by atoms with Crippen molar-refractivity contribution in [3.05, 3.63) is 71.8 Å². The number of amides is 4. The number of aliphatic hydroxyl groups is 2. The van der Waals surface area contributed by atoms with Gasteiger partial charge in [-0.05, 0) is 51.3 Å². The molecule has 4 amide bonds. The topological polar surface area (TPSA) is 203 Å². The van der Waals surface area contributed by atoms with Gasteiger partial charge in [0.05, 0.1) is 36.0 Å². The van der Waals surface area contributed by atoms with Crippen LogP contribution < -0.4 is 20.1 Å². The van der Waals surface area contributed by atoms with E-state index in [-0.39, 0.29) is 48.7 Å². The highest BCUT2D eigenvalue weighted by Gasteiger charge is 2.27. The number of aromatic amines is 4. The average Bonchev–Trinajstić information content (AvgIpc) is 3.93. The molecule has 0 unspecified atom stereocenters. The molecule has 0 atom stereocenters. The van der Waals surface area contributed by atoms with Gasteiger partial charge in [0.2, 0.25) is 0 Å². The van der Waals surface area contributed by atoms with E-state index >= 15 is 0 Å². The average molecular weight is 694 g/mol. The van der Waals surface area contributed by atoms with Crippen molar-refractivity contribution in [3.63, 3.8) is 0 Å². The van der Waals surface area contributed by atoms with Crippen molar-refractivity contribution in [2.75, 3.05) is 102 Å². The molecule has 4 heterocycles. The lowest BCUT2D eigenvalue weighted by atomic mass is 10.3. The fraction of sp³-hybridized carbons (Fsp3) is 0.394. The van der Waals surface area contributed by atoms with Gasteiger partial charge in [0, 0.05) is 72.6 Å². The van der Waals surface area contributed by atoms with E-state index in [9.17, 15) is 24.3 Å². The SMILES string of the molecule is CN(C)CCCN(C)C(=O)c1cc(N(C)C(=O)c2cc(N(C)C(=O)c3cc(N(C(=O)c4cc(NCCO)c[nH]4)N(C)CCO)c[nH]3)c[nH]2)c[nH]1. The summed E-state index contributed by atoms with van der Waals surface area (Å²) in [4.78, 5) is 71.5. The molecule has 0 bridgehead atoms. The molecular weight excluding hydrogens is 646 g/mol. The Morgan fingerprint density at radius 1 is 0.600 bits per heavy atom. The minimum absolute atomic E-state index is 0.0699. The Morgan fingerprint density at radius 3 is 1.64 bits per heavy atom. The first-order valence-electron chi connectivity index (χ1n) is 16.1. The minimum Gasteiger partial charge on any atom is -0.395 e. The first-order chi connectivity index (χ1) is 23.9. The smallest absolute Gasteiger partial charge is 0.289 e. The maximum atomic E-state index is 13.6. The Bertz CT molecular complexity index is 1750. The highest BCUT2D eigenvalue weighted by Crippen LogP contribution is 2.25. The molecule has 4 rings (SSSR count). The van der Waals surface area contributed by atoms with Gasteiger partial charge in [-0.25, -0.2) is 10.0 Å². The van der Waals surface area contributed by atoms with Crippen LogP contribution in [0.1, 0.15) is 48.4 Å². The lowest BCUT2D eigenvalue weighted by molar-refractivity contribution is 0.0784. The van der Waals surface area contributed by atoms with Gasteiger partial charge < -0.3 is 55.1 Å². The molecule has 0 aliphatic rings. The van der Waals surface area contributed by atoms with Gasteiger partial charge in [0.15, 0.2) is 0 Å². The van der Waals surface area contributed by atoms with Gasteiger partial charge in [-0.2, -0.15) is 0 Å². The Labute approximate surface area is 290 Å². The predicted molar refractivity (Wildman–Crippen MR) is 191 cm³/mol. The van der Waals surface area contributed by atoms with Gasteiger partial charge in [0.25, 0.3) is 23.6 Å². The van der Waals surface area contributed by atoms with Crippen LogP contribution in [-0.4, -0.2) is 150 Å². The van der Waals surface area contributed by atoms with E-state index in [2.05, 4.69) is 30.2 Å².